The highest BCUT2D eigenvalue weighted by Crippen LogP contribution is 2.29. The molecule has 1 aromatic carbocycles. The molecule has 35 heavy (non-hydrogen) atoms. The van der Waals surface area contributed by atoms with E-state index in [4.69, 9.17) is 14.6 Å². The standard InChI is InChI=1S/C18H19NO4S.C7H12O2.CH2O/c1-11-9-12(10-15-16(20)19-18(22)24-15)7-8-14(11)23-17(21)13-5-3-2-4-6-13;8-7(9)6-4-2-1-3-5-6;1-2/h7-10,13H,2-6H2,1H3,(H,19,20,22);6H,1-5H2,(H,8,9);1H2/b15-10-;;. The van der Waals surface area contributed by atoms with Crippen LogP contribution in [-0.4, -0.2) is 35.0 Å². The molecule has 3 fully saturated rings. The number of ether oxygens (including phenoxy) is 1. The molecule has 0 atom stereocenters. The predicted octanol–water partition coefficient (Wildman–Crippen LogP) is 5.27. The fourth-order valence-corrected chi connectivity index (χ4v) is 5.01. The van der Waals surface area contributed by atoms with E-state index in [0.717, 1.165) is 74.3 Å². The minimum absolute atomic E-state index is 0.00421. The third-order valence-electron chi connectivity index (χ3n) is 6.24. The van der Waals surface area contributed by atoms with E-state index < -0.39 is 5.97 Å². The van der Waals surface area contributed by atoms with Gasteiger partial charge in [-0.3, -0.25) is 24.5 Å². The number of aryl methyl sites for hydroxylation is 1. The molecule has 1 heterocycles. The fourth-order valence-electron chi connectivity index (χ4n) is 4.33. The van der Waals surface area contributed by atoms with Crippen molar-refractivity contribution in [3.8, 4) is 5.75 Å². The maximum atomic E-state index is 12.2. The van der Waals surface area contributed by atoms with Crippen LogP contribution in [0.4, 0.5) is 4.79 Å². The molecule has 4 rings (SSSR count). The topological polar surface area (TPSA) is 127 Å². The maximum Gasteiger partial charge on any atom is 0.314 e. The van der Waals surface area contributed by atoms with Gasteiger partial charge in [0.05, 0.1) is 16.7 Å². The molecule has 1 aliphatic heterocycles. The SMILES string of the molecule is C=O.Cc1cc(/C=C2\SC(=O)NC2=O)ccc1OC(=O)C1CCCCC1.O=C(O)C1CCCCC1. The van der Waals surface area contributed by atoms with Gasteiger partial charge in [0.15, 0.2) is 0 Å². The molecule has 0 unspecified atom stereocenters. The molecule has 190 valence electrons. The molecular weight excluding hydrogens is 470 g/mol. The highest BCUT2D eigenvalue weighted by molar-refractivity contribution is 8.18. The molecule has 8 nitrogen and oxygen atoms in total. The largest absolute Gasteiger partial charge is 0.481 e. The molecule has 9 heteroatoms. The average molecular weight is 504 g/mol. The summed E-state index contributed by atoms with van der Waals surface area (Å²) in [5.41, 5.74) is 1.61. The van der Waals surface area contributed by atoms with Crippen molar-refractivity contribution < 1.29 is 33.8 Å². The molecule has 2 aliphatic carbocycles. The second-order valence-corrected chi connectivity index (χ2v) is 9.82. The number of imide groups is 1. The number of thioether (sulfide) groups is 1. The van der Waals surface area contributed by atoms with Gasteiger partial charge in [0.25, 0.3) is 11.1 Å². The smallest absolute Gasteiger partial charge is 0.314 e. The van der Waals surface area contributed by atoms with Gasteiger partial charge in [0.1, 0.15) is 12.5 Å². The van der Waals surface area contributed by atoms with Crippen molar-refractivity contribution in [2.75, 3.05) is 0 Å². The van der Waals surface area contributed by atoms with E-state index in [2.05, 4.69) is 5.32 Å². The Morgan fingerprint density at radius 2 is 1.57 bits per heavy atom. The first-order valence-electron chi connectivity index (χ1n) is 11.9. The molecular formula is C26H33NO7S. The van der Waals surface area contributed by atoms with Crippen molar-refractivity contribution >= 4 is 47.7 Å². The third-order valence-corrected chi connectivity index (χ3v) is 7.05. The average Bonchev–Trinajstić information content (AvgIpc) is 3.19. The Labute approximate surface area is 209 Å². The summed E-state index contributed by atoms with van der Waals surface area (Å²) in [4.78, 5) is 53.7. The van der Waals surface area contributed by atoms with Crippen LogP contribution in [0.2, 0.25) is 0 Å². The van der Waals surface area contributed by atoms with Crippen molar-refractivity contribution in [1.29, 1.82) is 0 Å². The lowest BCUT2D eigenvalue weighted by molar-refractivity contribution is -0.143. The zero-order valence-electron chi connectivity index (χ0n) is 20.0. The summed E-state index contributed by atoms with van der Waals surface area (Å²) in [7, 11) is 0. The number of carbonyl (C=O) groups is 5. The van der Waals surface area contributed by atoms with Crippen LogP contribution in [0.5, 0.6) is 5.75 Å². The lowest BCUT2D eigenvalue weighted by Crippen LogP contribution is -2.23. The highest BCUT2D eigenvalue weighted by Gasteiger charge is 2.26. The lowest BCUT2D eigenvalue weighted by Gasteiger charge is -2.20. The molecule has 0 radical (unpaired) electrons. The molecule has 1 aromatic rings. The van der Waals surface area contributed by atoms with Crippen LogP contribution in [-0.2, 0) is 19.2 Å². The van der Waals surface area contributed by atoms with Crippen molar-refractivity contribution in [2.24, 2.45) is 11.8 Å². The summed E-state index contributed by atoms with van der Waals surface area (Å²) in [5.74, 6) is -0.610. The number of hydrogen-bond donors (Lipinski definition) is 2. The fraction of sp³-hybridized carbons (Fsp3) is 0.500. The van der Waals surface area contributed by atoms with Gasteiger partial charge in [-0.05, 0) is 73.7 Å². The lowest BCUT2D eigenvalue weighted by atomic mass is 9.89. The molecule has 1 saturated heterocycles. The predicted molar refractivity (Wildman–Crippen MR) is 134 cm³/mol. The highest BCUT2D eigenvalue weighted by atomic mass is 32.2. The van der Waals surface area contributed by atoms with E-state index in [0.29, 0.717) is 10.7 Å². The van der Waals surface area contributed by atoms with E-state index in [-0.39, 0.29) is 29.0 Å². The summed E-state index contributed by atoms with van der Waals surface area (Å²) in [6, 6.07) is 5.36. The third kappa shape index (κ3) is 8.98. The van der Waals surface area contributed by atoms with Gasteiger partial charge in [0.2, 0.25) is 0 Å². The zero-order chi connectivity index (χ0) is 25.8. The van der Waals surface area contributed by atoms with Crippen molar-refractivity contribution in [1.82, 2.24) is 5.32 Å². The Hall–Kier alpha value is -2.94. The van der Waals surface area contributed by atoms with Crippen LogP contribution in [0.1, 0.15) is 75.3 Å². The van der Waals surface area contributed by atoms with Gasteiger partial charge in [-0.25, -0.2) is 0 Å². The van der Waals surface area contributed by atoms with Crippen LogP contribution in [0, 0.1) is 18.8 Å². The van der Waals surface area contributed by atoms with Gasteiger partial charge >= 0.3 is 11.9 Å². The molecule has 2 saturated carbocycles. The first kappa shape index (κ1) is 28.3. The maximum absolute atomic E-state index is 12.2. The first-order valence-corrected chi connectivity index (χ1v) is 12.7. The summed E-state index contributed by atoms with van der Waals surface area (Å²) < 4.78 is 5.55. The Morgan fingerprint density at radius 3 is 2.03 bits per heavy atom. The van der Waals surface area contributed by atoms with Crippen LogP contribution in [0.25, 0.3) is 6.08 Å². The van der Waals surface area contributed by atoms with Crippen LogP contribution in [0.3, 0.4) is 0 Å². The minimum atomic E-state index is -0.602. The summed E-state index contributed by atoms with van der Waals surface area (Å²) in [6.07, 6.45) is 12.1. The monoisotopic (exact) mass is 503 g/mol. The number of carbonyl (C=O) groups excluding carboxylic acids is 4. The van der Waals surface area contributed by atoms with Crippen LogP contribution in [0.15, 0.2) is 23.1 Å². The van der Waals surface area contributed by atoms with E-state index >= 15 is 0 Å². The number of carboxylic acids is 1. The number of hydrogen-bond acceptors (Lipinski definition) is 7. The van der Waals surface area contributed by atoms with Gasteiger partial charge in [0, 0.05) is 0 Å². The number of benzene rings is 1. The molecule has 3 aliphatic rings. The minimum Gasteiger partial charge on any atom is -0.481 e. The van der Waals surface area contributed by atoms with Gasteiger partial charge in [-0.2, -0.15) is 0 Å². The van der Waals surface area contributed by atoms with E-state index in [9.17, 15) is 19.2 Å². The van der Waals surface area contributed by atoms with Gasteiger partial charge in [-0.1, -0.05) is 44.6 Å². The van der Waals surface area contributed by atoms with Crippen LogP contribution >= 0.6 is 11.8 Å². The summed E-state index contributed by atoms with van der Waals surface area (Å²) in [5, 5.41) is 10.4. The van der Waals surface area contributed by atoms with E-state index in [1.165, 1.54) is 12.8 Å². The second-order valence-electron chi connectivity index (χ2n) is 8.81. The summed E-state index contributed by atoms with van der Waals surface area (Å²) in [6.45, 7) is 3.86. The molecule has 0 aromatic heterocycles. The quantitative estimate of drug-likeness (QED) is 0.323. The number of esters is 1. The van der Waals surface area contributed by atoms with Gasteiger partial charge < -0.3 is 14.6 Å². The second kappa shape index (κ2) is 14.5. The number of carboxylic acid groups (broad SMARTS) is 1. The van der Waals surface area contributed by atoms with Crippen molar-refractivity contribution in [3.05, 3.63) is 34.2 Å². The Morgan fingerprint density at radius 1 is 1.00 bits per heavy atom. The number of amides is 2. The van der Waals surface area contributed by atoms with E-state index in [1.54, 1.807) is 18.2 Å². The number of rotatable bonds is 4. The van der Waals surface area contributed by atoms with Crippen molar-refractivity contribution in [2.45, 2.75) is 71.1 Å². The number of aliphatic carboxylic acids is 1. The summed E-state index contributed by atoms with van der Waals surface area (Å²) >= 11 is 0.884. The van der Waals surface area contributed by atoms with Gasteiger partial charge in [-0.15, -0.1) is 0 Å². The Kier molecular flexibility index (Phi) is 11.7. The van der Waals surface area contributed by atoms with Crippen molar-refractivity contribution in [3.63, 3.8) is 0 Å². The Bertz CT molecular complexity index is 947. The molecule has 2 N–H and O–H groups in total. The first-order chi connectivity index (χ1) is 16.8. The molecule has 0 spiro atoms. The molecule has 0 bridgehead atoms. The number of nitrogens with one attached hydrogen (secondary N) is 1. The normalized spacial score (nSPS) is 19.6. The zero-order valence-corrected chi connectivity index (χ0v) is 20.9. The molecule has 2 amide bonds. The van der Waals surface area contributed by atoms with E-state index in [1.807, 2.05) is 19.8 Å². The Balaban J connectivity index is 0.000000329. The van der Waals surface area contributed by atoms with Crippen LogP contribution < -0.4 is 10.1 Å².